The maximum absolute atomic E-state index is 13.2. The molecule has 0 saturated carbocycles. The molecule has 1 N–H and O–H groups in total. The van der Waals surface area contributed by atoms with Crippen molar-refractivity contribution in [3.05, 3.63) is 35.1 Å². The summed E-state index contributed by atoms with van der Waals surface area (Å²) in [4.78, 5) is 2.02. The van der Waals surface area contributed by atoms with Gasteiger partial charge in [-0.05, 0) is 17.7 Å². The Morgan fingerprint density at radius 1 is 1.39 bits per heavy atom. The number of hydrogen-bond donors (Lipinski definition) is 1. The molecule has 1 aliphatic heterocycles. The second-order valence-corrected chi connectivity index (χ2v) is 4.31. The highest BCUT2D eigenvalue weighted by Gasteiger charge is 2.22. The third-order valence-electron chi connectivity index (χ3n) is 3.23. The Bertz CT molecular complexity index is 450. The molecule has 0 unspecified atom stereocenters. The van der Waals surface area contributed by atoms with E-state index in [1.165, 1.54) is 12.1 Å². The van der Waals surface area contributed by atoms with Gasteiger partial charge in [-0.25, -0.2) is 8.78 Å². The van der Waals surface area contributed by atoms with E-state index < -0.39 is 12.5 Å². The normalized spacial score (nSPS) is 18.3. The van der Waals surface area contributed by atoms with Gasteiger partial charge < -0.3 is 5.32 Å². The molecule has 0 amide bonds. The number of alkyl halides is 1. The summed E-state index contributed by atoms with van der Waals surface area (Å²) in [6, 6.07) is 5.64. The lowest BCUT2D eigenvalue weighted by Crippen LogP contribution is -2.45. The molecule has 2 rings (SSSR count). The topological polar surface area (TPSA) is 39.1 Å². The molecule has 0 bridgehead atoms. The van der Waals surface area contributed by atoms with Gasteiger partial charge in [-0.15, -0.1) is 0 Å². The van der Waals surface area contributed by atoms with Crippen LogP contribution in [-0.2, 0) is 0 Å². The molecule has 1 aromatic rings. The second kappa shape index (κ2) is 5.89. The fourth-order valence-electron chi connectivity index (χ4n) is 2.23. The van der Waals surface area contributed by atoms with Crippen LogP contribution in [0.3, 0.4) is 0 Å². The summed E-state index contributed by atoms with van der Waals surface area (Å²) in [5.74, 6) is -0.556. The standard InChI is InChI=1S/C13H15F2N3/c14-8-13(18-5-3-17-4-6-18)10-1-2-12(15)11(7-10)9-16/h1-2,7,13,17H,3-6,8H2/t13-/m1/s1. The van der Waals surface area contributed by atoms with E-state index in [-0.39, 0.29) is 11.6 Å². The Hall–Kier alpha value is -1.51. The lowest BCUT2D eigenvalue weighted by Gasteiger charge is -2.33. The van der Waals surface area contributed by atoms with Crippen LogP contribution in [0, 0.1) is 17.1 Å². The van der Waals surface area contributed by atoms with Crippen LogP contribution in [0.4, 0.5) is 8.78 Å². The predicted molar refractivity (Wildman–Crippen MR) is 64.3 cm³/mol. The van der Waals surface area contributed by atoms with Crippen LogP contribution >= 0.6 is 0 Å². The highest BCUT2D eigenvalue weighted by molar-refractivity contribution is 5.35. The van der Waals surface area contributed by atoms with Crippen LogP contribution in [0.1, 0.15) is 17.2 Å². The van der Waals surface area contributed by atoms with Gasteiger partial charge >= 0.3 is 0 Å². The molecule has 18 heavy (non-hydrogen) atoms. The number of piperazine rings is 1. The fourth-order valence-corrected chi connectivity index (χ4v) is 2.23. The van der Waals surface area contributed by atoms with Gasteiger partial charge in [0.2, 0.25) is 0 Å². The minimum Gasteiger partial charge on any atom is -0.314 e. The Morgan fingerprint density at radius 3 is 2.72 bits per heavy atom. The third kappa shape index (κ3) is 2.66. The molecular formula is C13H15F2N3. The quantitative estimate of drug-likeness (QED) is 0.887. The zero-order chi connectivity index (χ0) is 13.0. The highest BCUT2D eigenvalue weighted by Crippen LogP contribution is 2.23. The average Bonchev–Trinajstić information content (AvgIpc) is 2.42. The summed E-state index contributed by atoms with van der Waals surface area (Å²) in [7, 11) is 0. The number of hydrogen-bond acceptors (Lipinski definition) is 3. The van der Waals surface area contributed by atoms with Crippen molar-refractivity contribution < 1.29 is 8.78 Å². The van der Waals surface area contributed by atoms with Crippen molar-refractivity contribution in [3.63, 3.8) is 0 Å². The Morgan fingerprint density at radius 2 is 2.11 bits per heavy atom. The first-order valence-corrected chi connectivity index (χ1v) is 5.96. The largest absolute Gasteiger partial charge is 0.314 e. The molecular weight excluding hydrogens is 236 g/mol. The molecule has 0 aromatic heterocycles. The molecule has 1 saturated heterocycles. The molecule has 1 fully saturated rings. The molecule has 96 valence electrons. The number of benzene rings is 1. The van der Waals surface area contributed by atoms with Crippen LogP contribution in [0.15, 0.2) is 18.2 Å². The van der Waals surface area contributed by atoms with Gasteiger partial charge in [0.1, 0.15) is 18.6 Å². The van der Waals surface area contributed by atoms with Gasteiger partial charge in [0.25, 0.3) is 0 Å². The van der Waals surface area contributed by atoms with Gasteiger partial charge in [-0.1, -0.05) is 6.07 Å². The molecule has 0 radical (unpaired) electrons. The molecule has 1 aromatic carbocycles. The molecule has 1 atom stereocenters. The van der Waals surface area contributed by atoms with Gasteiger partial charge in [0.15, 0.2) is 0 Å². The first-order valence-electron chi connectivity index (χ1n) is 5.96. The van der Waals surface area contributed by atoms with Crippen LogP contribution in [-0.4, -0.2) is 37.8 Å². The van der Waals surface area contributed by atoms with Crippen molar-refractivity contribution >= 4 is 0 Å². The van der Waals surface area contributed by atoms with Crippen molar-refractivity contribution in [2.24, 2.45) is 0 Å². The summed E-state index contributed by atoms with van der Waals surface area (Å²) in [6.07, 6.45) is 0. The number of rotatable bonds is 3. The predicted octanol–water partition coefficient (Wildman–Crippen LogP) is 1.61. The average molecular weight is 251 g/mol. The zero-order valence-electron chi connectivity index (χ0n) is 10.00. The summed E-state index contributed by atoms with van der Waals surface area (Å²) in [5.41, 5.74) is 0.637. The maximum Gasteiger partial charge on any atom is 0.140 e. The second-order valence-electron chi connectivity index (χ2n) is 4.31. The van der Waals surface area contributed by atoms with E-state index in [9.17, 15) is 8.78 Å². The smallest absolute Gasteiger partial charge is 0.140 e. The van der Waals surface area contributed by atoms with E-state index in [2.05, 4.69) is 5.32 Å². The molecule has 5 heteroatoms. The van der Waals surface area contributed by atoms with Crippen molar-refractivity contribution in [2.45, 2.75) is 6.04 Å². The Labute approximate surface area is 105 Å². The first kappa shape index (κ1) is 12.9. The number of nitriles is 1. The van der Waals surface area contributed by atoms with Crippen molar-refractivity contribution in [3.8, 4) is 6.07 Å². The molecule has 1 heterocycles. The SMILES string of the molecule is N#Cc1cc([C@@H](CF)N2CCNCC2)ccc1F. The van der Waals surface area contributed by atoms with Gasteiger partial charge in [-0.3, -0.25) is 4.90 Å². The molecule has 1 aliphatic rings. The molecule has 0 spiro atoms. The number of halogens is 2. The summed E-state index contributed by atoms with van der Waals surface area (Å²) >= 11 is 0. The summed E-state index contributed by atoms with van der Waals surface area (Å²) in [5, 5.41) is 12.0. The summed E-state index contributed by atoms with van der Waals surface area (Å²) < 4.78 is 26.5. The van der Waals surface area contributed by atoms with Crippen LogP contribution in [0.2, 0.25) is 0 Å². The van der Waals surface area contributed by atoms with Crippen molar-refractivity contribution in [1.82, 2.24) is 10.2 Å². The molecule has 0 aliphatic carbocycles. The number of nitrogens with zero attached hydrogens (tertiary/aromatic N) is 2. The lowest BCUT2D eigenvalue weighted by molar-refractivity contribution is 0.147. The minimum atomic E-state index is -0.556. The number of nitrogens with one attached hydrogen (secondary N) is 1. The molecule has 3 nitrogen and oxygen atoms in total. The van der Waals surface area contributed by atoms with E-state index in [1.807, 2.05) is 4.90 Å². The van der Waals surface area contributed by atoms with Gasteiger partial charge in [0, 0.05) is 26.2 Å². The van der Waals surface area contributed by atoms with Crippen molar-refractivity contribution in [2.75, 3.05) is 32.9 Å². The maximum atomic E-state index is 13.2. The van der Waals surface area contributed by atoms with E-state index >= 15 is 0 Å². The van der Waals surface area contributed by atoms with Crippen LogP contribution in [0.25, 0.3) is 0 Å². The van der Waals surface area contributed by atoms with Crippen LogP contribution in [0.5, 0.6) is 0 Å². The Kier molecular flexibility index (Phi) is 4.24. The van der Waals surface area contributed by atoms with E-state index in [0.29, 0.717) is 5.56 Å². The van der Waals surface area contributed by atoms with Crippen molar-refractivity contribution in [1.29, 1.82) is 5.26 Å². The van der Waals surface area contributed by atoms with Gasteiger partial charge in [-0.2, -0.15) is 5.26 Å². The Balaban J connectivity index is 2.24. The minimum absolute atomic E-state index is 0.0268. The highest BCUT2D eigenvalue weighted by atomic mass is 19.1. The third-order valence-corrected chi connectivity index (χ3v) is 3.23. The van der Waals surface area contributed by atoms with Crippen LogP contribution < -0.4 is 5.32 Å². The fraction of sp³-hybridized carbons (Fsp3) is 0.462. The van der Waals surface area contributed by atoms with E-state index in [4.69, 9.17) is 5.26 Å². The van der Waals surface area contributed by atoms with E-state index in [0.717, 1.165) is 26.2 Å². The van der Waals surface area contributed by atoms with Gasteiger partial charge in [0.05, 0.1) is 11.6 Å². The first-order chi connectivity index (χ1) is 8.76. The zero-order valence-corrected chi connectivity index (χ0v) is 10.00. The van der Waals surface area contributed by atoms with E-state index in [1.54, 1.807) is 12.1 Å². The lowest BCUT2D eigenvalue weighted by atomic mass is 10.0. The summed E-state index contributed by atoms with van der Waals surface area (Å²) in [6.45, 7) is 2.63. The monoisotopic (exact) mass is 251 g/mol.